The van der Waals surface area contributed by atoms with Gasteiger partial charge >= 0.3 is 0 Å². The topological polar surface area (TPSA) is 9.23 Å². The fourth-order valence-corrected chi connectivity index (χ4v) is 1.07. The van der Waals surface area contributed by atoms with E-state index in [1.54, 1.807) is 0 Å². The predicted molar refractivity (Wildman–Crippen MR) is 47.3 cm³/mol. The molecule has 0 fully saturated rings. The minimum absolute atomic E-state index is 0.458. The molecule has 0 N–H and O–H groups in total. The van der Waals surface area contributed by atoms with Crippen molar-refractivity contribution >= 4 is 11.8 Å². The lowest BCUT2D eigenvalue weighted by Gasteiger charge is -1.98. The molecule has 0 aliphatic rings. The van der Waals surface area contributed by atoms with Crippen molar-refractivity contribution < 1.29 is 4.74 Å². The van der Waals surface area contributed by atoms with Crippen LogP contribution in [0.2, 0.25) is 0 Å². The van der Waals surface area contributed by atoms with E-state index < -0.39 is 0 Å². The maximum absolute atomic E-state index is 5.08. The molecule has 10 heavy (non-hydrogen) atoms. The van der Waals surface area contributed by atoms with Gasteiger partial charge in [0, 0.05) is 6.61 Å². The number of unbranched alkanes of at least 4 members (excludes halogenated alkanes) is 1. The number of terminal acetylenes is 1. The molecule has 0 unspecified atom stereocenters. The van der Waals surface area contributed by atoms with Crippen LogP contribution in [0.5, 0.6) is 0 Å². The zero-order chi connectivity index (χ0) is 7.66. The predicted octanol–water partition coefficient (Wildman–Crippen LogP) is 1.78. The van der Waals surface area contributed by atoms with Crippen LogP contribution in [-0.2, 0) is 4.74 Å². The highest BCUT2D eigenvalue weighted by Gasteiger charge is 1.86. The van der Waals surface area contributed by atoms with Crippen molar-refractivity contribution in [3.8, 4) is 12.3 Å². The smallest absolute Gasteiger partial charge is 0.107 e. The highest BCUT2D eigenvalue weighted by molar-refractivity contribution is 7.98. The Hall–Kier alpha value is -0.130. The van der Waals surface area contributed by atoms with E-state index in [0.717, 1.165) is 13.0 Å². The summed E-state index contributed by atoms with van der Waals surface area (Å²) in [6.45, 7) is 1.27. The quantitative estimate of drug-likeness (QED) is 0.430. The van der Waals surface area contributed by atoms with Gasteiger partial charge in [-0.1, -0.05) is 5.92 Å². The minimum atomic E-state index is 0.458. The number of rotatable bonds is 6. The van der Waals surface area contributed by atoms with Crippen molar-refractivity contribution in [1.82, 2.24) is 0 Å². The molecule has 0 aliphatic carbocycles. The third-order valence-electron chi connectivity index (χ3n) is 1.07. The molecule has 2 heteroatoms. The molecular formula is C8H14OS. The van der Waals surface area contributed by atoms with Gasteiger partial charge in [0.1, 0.15) is 6.61 Å². The second-order valence-electron chi connectivity index (χ2n) is 1.96. The fourth-order valence-electron chi connectivity index (χ4n) is 0.582. The first-order valence-electron chi connectivity index (χ1n) is 3.42. The molecule has 0 saturated heterocycles. The molecular weight excluding hydrogens is 144 g/mol. The molecule has 0 amide bonds. The second-order valence-corrected chi connectivity index (χ2v) is 2.94. The van der Waals surface area contributed by atoms with Crippen molar-refractivity contribution in [3.63, 3.8) is 0 Å². The van der Waals surface area contributed by atoms with E-state index in [0.29, 0.717) is 6.61 Å². The van der Waals surface area contributed by atoms with E-state index in [1.807, 2.05) is 11.8 Å². The Morgan fingerprint density at radius 3 is 2.90 bits per heavy atom. The first kappa shape index (κ1) is 9.87. The molecule has 1 nitrogen and oxygen atoms in total. The van der Waals surface area contributed by atoms with E-state index in [2.05, 4.69) is 12.2 Å². The third-order valence-corrected chi connectivity index (χ3v) is 1.77. The van der Waals surface area contributed by atoms with E-state index >= 15 is 0 Å². The van der Waals surface area contributed by atoms with E-state index in [1.165, 1.54) is 12.2 Å². The SMILES string of the molecule is C#CCOCCCCSC. The van der Waals surface area contributed by atoms with E-state index in [4.69, 9.17) is 11.2 Å². The zero-order valence-electron chi connectivity index (χ0n) is 6.43. The first-order valence-corrected chi connectivity index (χ1v) is 4.81. The summed E-state index contributed by atoms with van der Waals surface area (Å²) < 4.78 is 5.08. The molecule has 0 aromatic heterocycles. The Kier molecular flexibility index (Phi) is 8.75. The van der Waals surface area contributed by atoms with Crippen LogP contribution < -0.4 is 0 Å². The van der Waals surface area contributed by atoms with Gasteiger partial charge in [-0.15, -0.1) is 6.42 Å². The summed E-state index contributed by atoms with van der Waals surface area (Å²) in [5.74, 6) is 3.65. The van der Waals surface area contributed by atoms with Crippen LogP contribution in [0.3, 0.4) is 0 Å². The lowest BCUT2D eigenvalue weighted by atomic mass is 10.4. The van der Waals surface area contributed by atoms with Crippen LogP contribution in [0.4, 0.5) is 0 Å². The van der Waals surface area contributed by atoms with Gasteiger partial charge in [-0.25, -0.2) is 0 Å². The molecule has 0 atom stereocenters. The molecule has 58 valence electrons. The second kappa shape index (κ2) is 8.87. The summed E-state index contributed by atoms with van der Waals surface area (Å²) in [5.41, 5.74) is 0. The highest BCUT2D eigenvalue weighted by Crippen LogP contribution is 1.98. The highest BCUT2D eigenvalue weighted by atomic mass is 32.2. The summed E-state index contributed by atoms with van der Waals surface area (Å²) in [5, 5.41) is 0. The van der Waals surface area contributed by atoms with Crippen molar-refractivity contribution in [2.45, 2.75) is 12.8 Å². The van der Waals surface area contributed by atoms with Gasteiger partial charge in [-0.2, -0.15) is 11.8 Å². The Morgan fingerprint density at radius 1 is 1.50 bits per heavy atom. The molecule has 0 aromatic carbocycles. The molecule has 0 bridgehead atoms. The first-order chi connectivity index (χ1) is 4.91. The minimum Gasteiger partial charge on any atom is -0.369 e. The number of hydrogen-bond donors (Lipinski definition) is 0. The lowest BCUT2D eigenvalue weighted by Crippen LogP contribution is -1.94. The van der Waals surface area contributed by atoms with Crippen LogP contribution in [0.25, 0.3) is 0 Å². The molecule has 0 radical (unpaired) electrons. The molecule has 0 spiro atoms. The largest absolute Gasteiger partial charge is 0.369 e. The van der Waals surface area contributed by atoms with Crippen LogP contribution in [0.15, 0.2) is 0 Å². The summed E-state index contributed by atoms with van der Waals surface area (Å²) in [6, 6.07) is 0. The molecule has 0 heterocycles. The van der Waals surface area contributed by atoms with Gasteiger partial charge in [0.2, 0.25) is 0 Å². The van der Waals surface area contributed by atoms with Gasteiger partial charge in [-0.05, 0) is 24.9 Å². The Balaban J connectivity index is 2.72. The van der Waals surface area contributed by atoms with Crippen LogP contribution >= 0.6 is 11.8 Å². The van der Waals surface area contributed by atoms with Gasteiger partial charge in [0.25, 0.3) is 0 Å². The van der Waals surface area contributed by atoms with Gasteiger partial charge in [-0.3, -0.25) is 0 Å². The third kappa shape index (κ3) is 7.87. The Bertz CT molecular complexity index is 95.9. The normalized spacial score (nSPS) is 9.20. The van der Waals surface area contributed by atoms with Gasteiger partial charge < -0.3 is 4.74 Å². The number of thioether (sulfide) groups is 1. The summed E-state index contributed by atoms with van der Waals surface area (Å²) in [6.07, 6.45) is 9.46. The zero-order valence-corrected chi connectivity index (χ0v) is 7.25. The standard InChI is InChI=1S/C8H14OS/c1-3-6-9-7-4-5-8-10-2/h1H,4-8H2,2H3. The van der Waals surface area contributed by atoms with Crippen LogP contribution in [0.1, 0.15) is 12.8 Å². The van der Waals surface area contributed by atoms with Crippen molar-refractivity contribution in [1.29, 1.82) is 0 Å². The van der Waals surface area contributed by atoms with Crippen LogP contribution in [0, 0.1) is 12.3 Å². The Morgan fingerprint density at radius 2 is 2.30 bits per heavy atom. The summed E-state index contributed by atoms with van der Waals surface area (Å²) >= 11 is 1.87. The number of ether oxygens (including phenoxy) is 1. The molecule has 0 saturated carbocycles. The monoisotopic (exact) mass is 158 g/mol. The van der Waals surface area contributed by atoms with Crippen LogP contribution in [-0.4, -0.2) is 25.2 Å². The van der Waals surface area contributed by atoms with Gasteiger partial charge in [0.05, 0.1) is 0 Å². The fraction of sp³-hybridized carbons (Fsp3) is 0.750. The van der Waals surface area contributed by atoms with Crippen molar-refractivity contribution in [2.75, 3.05) is 25.2 Å². The average molecular weight is 158 g/mol. The van der Waals surface area contributed by atoms with E-state index in [9.17, 15) is 0 Å². The average Bonchev–Trinajstić information content (AvgIpc) is 1.97. The van der Waals surface area contributed by atoms with Gasteiger partial charge in [0.15, 0.2) is 0 Å². The van der Waals surface area contributed by atoms with E-state index in [-0.39, 0.29) is 0 Å². The summed E-state index contributed by atoms with van der Waals surface area (Å²) in [7, 11) is 0. The summed E-state index contributed by atoms with van der Waals surface area (Å²) in [4.78, 5) is 0. The Labute approximate surface area is 67.5 Å². The van der Waals surface area contributed by atoms with Crippen molar-refractivity contribution in [3.05, 3.63) is 0 Å². The molecule has 0 rings (SSSR count). The van der Waals surface area contributed by atoms with Crippen molar-refractivity contribution in [2.24, 2.45) is 0 Å². The molecule has 0 aromatic rings. The molecule has 0 aliphatic heterocycles. The number of hydrogen-bond acceptors (Lipinski definition) is 2. The maximum Gasteiger partial charge on any atom is 0.107 e. The maximum atomic E-state index is 5.08. The lowest BCUT2D eigenvalue weighted by molar-refractivity contribution is 0.164.